The summed E-state index contributed by atoms with van der Waals surface area (Å²) in [6.45, 7) is 0. The van der Waals surface area contributed by atoms with E-state index < -0.39 is 4.92 Å². The lowest BCUT2D eigenvalue weighted by atomic mass is 10.1. The normalized spacial score (nSPS) is 10.6. The van der Waals surface area contributed by atoms with Crippen molar-refractivity contribution in [1.82, 2.24) is 4.98 Å². The number of rotatable bonds is 3. The average Bonchev–Trinajstić information content (AvgIpc) is 2.90. The number of fused-ring (bicyclic) bond motifs is 1. The van der Waals surface area contributed by atoms with Gasteiger partial charge in [-0.15, -0.1) is 11.3 Å². The summed E-state index contributed by atoms with van der Waals surface area (Å²) in [4.78, 5) is 26.6. The zero-order valence-corrected chi connectivity index (χ0v) is 11.0. The van der Waals surface area contributed by atoms with Gasteiger partial charge in [0.05, 0.1) is 15.1 Å². The first-order chi connectivity index (χ1) is 9.65. The van der Waals surface area contributed by atoms with Gasteiger partial charge in [0.25, 0.3) is 5.69 Å². The molecule has 0 N–H and O–H groups in total. The molecule has 1 heterocycles. The molecule has 5 nitrogen and oxygen atoms in total. The maximum absolute atomic E-state index is 12.3. The third kappa shape index (κ3) is 2.17. The lowest BCUT2D eigenvalue weighted by molar-refractivity contribution is -0.384. The maximum atomic E-state index is 12.3. The van der Waals surface area contributed by atoms with Crippen LogP contribution >= 0.6 is 11.3 Å². The van der Waals surface area contributed by atoms with Gasteiger partial charge in [0.15, 0.2) is 5.01 Å². The molecular weight excluding hydrogens is 276 g/mol. The molecule has 0 fully saturated rings. The Morgan fingerprint density at radius 3 is 2.45 bits per heavy atom. The van der Waals surface area contributed by atoms with Crippen LogP contribution in [0.25, 0.3) is 10.2 Å². The molecule has 0 atom stereocenters. The van der Waals surface area contributed by atoms with Crippen LogP contribution < -0.4 is 0 Å². The lowest BCUT2D eigenvalue weighted by Gasteiger charge is -1.96. The Morgan fingerprint density at radius 2 is 1.80 bits per heavy atom. The Kier molecular flexibility index (Phi) is 3.00. The number of non-ortho nitro benzene ring substituents is 1. The van der Waals surface area contributed by atoms with Crippen LogP contribution in [0.4, 0.5) is 5.69 Å². The van der Waals surface area contributed by atoms with Crippen LogP contribution in [0.3, 0.4) is 0 Å². The van der Waals surface area contributed by atoms with Crippen molar-refractivity contribution in [3.8, 4) is 0 Å². The largest absolute Gasteiger partial charge is 0.286 e. The second-order valence-electron chi connectivity index (χ2n) is 4.12. The van der Waals surface area contributed by atoms with Gasteiger partial charge >= 0.3 is 0 Å². The Labute approximate surface area is 117 Å². The minimum Gasteiger partial charge on any atom is -0.286 e. The van der Waals surface area contributed by atoms with Crippen molar-refractivity contribution in [2.75, 3.05) is 0 Å². The summed E-state index contributed by atoms with van der Waals surface area (Å²) in [5, 5.41) is 11.0. The van der Waals surface area contributed by atoms with Crippen LogP contribution in [0, 0.1) is 10.1 Å². The van der Waals surface area contributed by atoms with Crippen molar-refractivity contribution in [2.24, 2.45) is 0 Å². The molecule has 0 spiro atoms. The number of nitro groups is 1. The summed E-state index contributed by atoms with van der Waals surface area (Å²) in [5.74, 6) is -0.221. The highest BCUT2D eigenvalue weighted by Crippen LogP contribution is 2.24. The van der Waals surface area contributed by atoms with Crippen molar-refractivity contribution in [3.05, 3.63) is 69.2 Å². The first-order valence-corrected chi connectivity index (χ1v) is 6.61. The second-order valence-corrected chi connectivity index (χ2v) is 5.15. The standard InChI is InChI=1S/C14H8N2O3S/c17-13(9-5-7-10(8-6-9)16(18)19)14-15-11-3-1-2-4-12(11)20-14/h1-8H. The zero-order valence-electron chi connectivity index (χ0n) is 10.1. The highest BCUT2D eigenvalue weighted by atomic mass is 32.1. The number of hydrogen-bond acceptors (Lipinski definition) is 5. The van der Waals surface area contributed by atoms with E-state index in [0.717, 1.165) is 10.2 Å². The highest BCUT2D eigenvalue weighted by molar-refractivity contribution is 7.20. The lowest BCUT2D eigenvalue weighted by Crippen LogP contribution is -2.00. The minimum atomic E-state index is -0.494. The van der Waals surface area contributed by atoms with E-state index in [-0.39, 0.29) is 11.5 Å². The number of hydrogen-bond donors (Lipinski definition) is 0. The third-order valence-corrected chi connectivity index (χ3v) is 3.86. The predicted octanol–water partition coefficient (Wildman–Crippen LogP) is 3.44. The van der Waals surface area contributed by atoms with E-state index in [1.807, 2.05) is 24.3 Å². The predicted molar refractivity (Wildman–Crippen MR) is 76.1 cm³/mol. The zero-order chi connectivity index (χ0) is 14.1. The van der Waals surface area contributed by atoms with E-state index in [1.165, 1.54) is 35.6 Å². The Hall–Kier alpha value is -2.60. The van der Waals surface area contributed by atoms with E-state index in [2.05, 4.69) is 4.98 Å². The molecular formula is C14H8N2O3S. The first kappa shape index (κ1) is 12.4. The van der Waals surface area contributed by atoms with Crippen molar-refractivity contribution >= 4 is 33.0 Å². The average molecular weight is 284 g/mol. The number of benzene rings is 2. The van der Waals surface area contributed by atoms with Gasteiger partial charge < -0.3 is 0 Å². The van der Waals surface area contributed by atoms with Gasteiger partial charge in [-0.25, -0.2) is 4.98 Å². The van der Waals surface area contributed by atoms with Gasteiger partial charge in [0.1, 0.15) is 0 Å². The van der Waals surface area contributed by atoms with Crippen LogP contribution in [-0.2, 0) is 0 Å². The smallest absolute Gasteiger partial charge is 0.269 e. The molecule has 0 bridgehead atoms. The quantitative estimate of drug-likeness (QED) is 0.419. The molecule has 2 aromatic carbocycles. The molecule has 3 aromatic rings. The second kappa shape index (κ2) is 4.82. The fourth-order valence-corrected chi connectivity index (χ4v) is 2.76. The number of para-hydroxylation sites is 1. The number of carbonyl (C=O) groups is 1. The maximum Gasteiger partial charge on any atom is 0.269 e. The molecule has 1 aromatic heterocycles. The number of carbonyl (C=O) groups excluding carboxylic acids is 1. The Balaban J connectivity index is 1.97. The van der Waals surface area contributed by atoms with Crippen LogP contribution in [0.2, 0.25) is 0 Å². The number of aromatic nitrogens is 1. The van der Waals surface area contributed by atoms with Gasteiger partial charge in [-0.1, -0.05) is 12.1 Å². The molecule has 0 aliphatic heterocycles. The van der Waals surface area contributed by atoms with Crippen LogP contribution in [-0.4, -0.2) is 15.7 Å². The number of nitrogens with zero attached hydrogens (tertiary/aromatic N) is 2. The molecule has 0 amide bonds. The number of nitro benzene ring substituents is 1. The van der Waals surface area contributed by atoms with Crippen molar-refractivity contribution in [1.29, 1.82) is 0 Å². The fraction of sp³-hybridized carbons (Fsp3) is 0. The van der Waals surface area contributed by atoms with Crippen LogP contribution in [0.15, 0.2) is 48.5 Å². The fourth-order valence-electron chi connectivity index (χ4n) is 1.83. The monoisotopic (exact) mass is 284 g/mol. The van der Waals surface area contributed by atoms with E-state index in [4.69, 9.17) is 0 Å². The van der Waals surface area contributed by atoms with Crippen molar-refractivity contribution in [3.63, 3.8) is 0 Å². The van der Waals surface area contributed by atoms with Crippen molar-refractivity contribution in [2.45, 2.75) is 0 Å². The Bertz CT molecular complexity index is 776. The van der Waals surface area contributed by atoms with E-state index in [9.17, 15) is 14.9 Å². The Morgan fingerprint density at radius 1 is 1.10 bits per heavy atom. The molecule has 0 unspecified atom stereocenters. The molecule has 0 saturated heterocycles. The molecule has 6 heteroatoms. The summed E-state index contributed by atoms with van der Waals surface area (Å²) >= 11 is 1.32. The third-order valence-electron chi connectivity index (χ3n) is 2.83. The van der Waals surface area contributed by atoms with E-state index in [0.29, 0.717) is 10.6 Å². The van der Waals surface area contributed by atoms with E-state index >= 15 is 0 Å². The van der Waals surface area contributed by atoms with Gasteiger partial charge in [-0.3, -0.25) is 14.9 Å². The molecule has 3 rings (SSSR count). The first-order valence-electron chi connectivity index (χ1n) is 5.80. The molecule has 0 radical (unpaired) electrons. The topological polar surface area (TPSA) is 73.1 Å². The summed E-state index contributed by atoms with van der Waals surface area (Å²) < 4.78 is 0.942. The van der Waals surface area contributed by atoms with Gasteiger partial charge in [-0.05, 0) is 24.3 Å². The minimum absolute atomic E-state index is 0.0363. The number of ketones is 1. The summed E-state index contributed by atoms with van der Waals surface area (Å²) in [6.07, 6.45) is 0. The van der Waals surface area contributed by atoms with Gasteiger partial charge in [0.2, 0.25) is 5.78 Å². The molecule has 98 valence electrons. The molecule has 0 aliphatic carbocycles. The summed E-state index contributed by atoms with van der Waals surface area (Å²) in [7, 11) is 0. The SMILES string of the molecule is O=C(c1ccc([N+](=O)[O-])cc1)c1nc2ccccc2s1. The van der Waals surface area contributed by atoms with E-state index in [1.54, 1.807) is 0 Å². The van der Waals surface area contributed by atoms with Gasteiger partial charge in [-0.2, -0.15) is 0 Å². The molecule has 0 aliphatic rings. The summed E-state index contributed by atoms with van der Waals surface area (Å²) in [6, 6.07) is 13.0. The number of thiazole rings is 1. The van der Waals surface area contributed by atoms with Gasteiger partial charge in [0, 0.05) is 17.7 Å². The summed E-state index contributed by atoms with van der Waals surface area (Å²) in [5.41, 5.74) is 1.14. The van der Waals surface area contributed by atoms with Crippen LogP contribution in [0.5, 0.6) is 0 Å². The molecule has 20 heavy (non-hydrogen) atoms. The van der Waals surface area contributed by atoms with Crippen LogP contribution in [0.1, 0.15) is 15.4 Å². The molecule has 0 saturated carbocycles. The highest BCUT2D eigenvalue weighted by Gasteiger charge is 2.15. The van der Waals surface area contributed by atoms with Crippen molar-refractivity contribution < 1.29 is 9.72 Å².